The molecule has 3 N–H and O–H groups in total. The molecular formula is C35H56N4O4S. The number of allylic oxidation sites excluding steroid dienone is 1. The summed E-state index contributed by atoms with van der Waals surface area (Å²) in [6.07, 6.45) is 4.99. The lowest BCUT2D eigenvalue weighted by molar-refractivity contribution is -0.139. The van der Waals surface area contributed by atoms with E-state index in [9.17, 15) is 18.6 Å². The van der Waals surface area contributed by atoms with Gasteiger partial charge in [-0.2, -0.15) is 0 Å². The summed E-state index contributed by atoms with van der Waals surface area (Å²) >= 11 is 0. The summed E-state index contributed by atoms with van der Waals surface area (Å²) in [5.74, 6) is 3.38. The number of carbonyl (C=O) groups excluding carboxylic acids is 3. The molecule has 0 spiro atoms. The fraction of sp³-hybridized carbons (Fsp3) is 0.657. The SMILES string of the molecule is C=C(CC(C)(C)C)NCC(=O)N1CCC[C@H]1C(=O)NC(C(=O)NS(=C)(=O)C(C)(CC)Cc1ccccc1)C(C(C)C)C1CC1. The summed E-state index contributed by atoms with van der Waals surface area (Å²) < 4.78 is 16.3. The second kappa shape index (κ2) is 14.5. The van der Waals surface area contributed by atoms with Crippen LogP contribution < -0.4 is 15.4 Å². The Labute approximate surface area is 266 Å². The molecule has 1 aliphatic heterocycles. The van der Waals surface area contributed by atoms with E-state index in [1.165, 1.54) is 0 Å². The second-order valence-corrected chi connectivity index (χ2v) is 17.2. The minimum atomic E-state index is -3.12. The molecule has 0 radical (unpaired) electrons. The van der Waals surface area contributed by atoms with Crippen LogP contribution in [0.1, 0.15) is 92.6 Å². The van der Waals surface area contributed by atoms with Gasteiger partial charge < -0.3 is 15.5 Å². The van der Waals surface area contributed by atoms with E-state index in [0.29, 0.717) is 38.1 Å². The Kier molecular flexibility index (Phi) is 11.8. The first-order chi connectivity index (χ1) is 20.5. The molecule has 0 bridgehead atoms. The minimum absolute atomic E-state index is 0.0425. The third kappa shape index (κ3) is 9.35. The van der Waals surface area contributed by atoms with E-state index in [1.54, 1.807) is 4.90 Å². The number of amides is 3. The maximum absolute atomic E-state index is 14.2. The predicted molar refractivity (Wildman–Crippen MR) is 181 cm³/mol. The first kappa shape index (κ1) is 35.7. The summed E-state index contributed by atoms with van der Waals surface area (Å²) in [6, 6.07) is 8.26. The molecule has 1 aromatic rings. The molecule has 9 heteroatoms. The molecule has 246 valence electrons. The van der Waals surface area contributed by atoms with Crippen molar-refractivity contribution in [3.05, 3.63) is 48.2 Å². The van der Waals surface area contributed by atoms with Crippen LogP contribution in [0.4, 0.5) is 0 Å². The number of benzene rings is 1. The van der Waals surface area contributed by atoms with Crippen LogP contribution in [0, 0.1) is 23.2 Å². The van der Waals surface area contributed by atoms with Crippen LogP contribution in [0.15, 0.2) is 42.6 Å². The molecular weight excluding hydrogens is 572 g/mol. The van der Waals surface area contributed by atoms with Crippen molar-refractivity contribution in [2.75, 3.05) is 13.1 Å². The molecule has 1 saturated heterocycles. The van der Waals surface area contributed by atoms with Crippen LogP contribution >= 0.6 is 0 Å². The number of rotatable bonds is 15. The monoisotopic (exact) mass is 628 g/mol. The van der Waals surface area contributed by atoms with Crippen LogP contribution in [0.25, 0.3) is 0 Å². The highest BCUT2D eigenvalue weighted by Crippen LogP contribution is 2.42. The maximum atomic E-state index is 14.2. The zero-order valence-corrected chi connectivity index (χ0v) is 28.9. The highest BCUT2D eigenvalue weighted by molar-refractivity contribution is 8.00. The van der Waals surface area contributed by atoms with Gasteiger partial charge in [0.1, 0.15) is 12.1 Å². The Balaban J connectivity index is 1.78. The van der Waals surface area contributed by atoms with Gasteiger partial charge in [0.2, 0.25) is 11.8 Å². The number of nitrogens with one attached hydrogen (secondary N) is 3. The summed E-state index contributed by atoms with van der Waals surface area (Å²) in [5, 5.41) is 6.18. The van der Waals surface area contributed by atoms with Gasteiger partial charge in [0.15, 0.2) is 0 Å². The number of carbonyl (C=O) groups is 3. The average Bonchev–Trinajstić information content (AvgIpc) is 3.63. The molecule has 3 rings (SSSR count). The lowest BCUT2D eigenvalue weighted by atomic mass is 9.83. The zero-order chi connectivity index (χ0) is 32.9. The number of hydrogen-bond acceptors (Lipinski definition) is 5. The molecule has 2 fully saturated rings. The van der Waals surface area contributed by atoms with Crippen molar-refractivity contribution in [2.45, 2.75) is 110 Å². The van der Waals surface area contributed by atoms with Crippen molar-refractivity contribution in [1.82, 2.24) is 20.3 Å². The fourth-order valence-electron chi connectivity index (χ4n) is 6.46. The van der Waals surface area contributed by atoms with Crippen LogP contribution in [-0.2, 0) is 30.5 Å². The molecule has 1 aliphatic carbocycles. The van der Waals surface area contributed by atoms with Crippen LogP contribution in [-0.4, -0.2) is 62.6 Å². The smallest absolute Gasteiger partial charge is 0.254 e. The highest BCUT2D eigenvalue weighted by Gasteiger charge is 2.45. The first-order valence-electron chi connectivity index (χ1n) is 16.2. The first-order valence-corrected chi connectivity index (χ1v) is 17.9. The molecule has 1 saturated carbocycles. The second-order valence-electron chi connectivity index (χ2n) is 14.7. The third-order valence-electron chi connectivity index (χ3n) is 9.24. The van der Waals surface area contributed by atoms with Crippen LogP contribution in [0.2, 0.25) is 0 Å². The van der Waals surface area contributed by atoms with Gasteiger partial charge in [-0.05, 0) is 86.5 Å². The fourth-order valence-corrected chi connectivity index (χ4v) is 8.03. The molecule has 1 heterocycles. The van der Waals surface area contributed by atoms with E-state index < -0.39 is 32.4 Å². The molecule has 5 atom stereocenters. The van der Waals surface area contributed by atoms with Crippen molar-refractivity contribution in [3.63, 3.8) is 0 Å². The minimum Gasteiger partial charge on any atom is -0.380 e. The van der Waals surface area contributed by atoms with E-state index >= 15 is 0 Å². The molecule has 3 amide bonds. The number of likely N-dealkylation sites (tertiary alicyclic amines) is 1. The third-order valence-corrected chi connectivity index (χ3v) is 11.8. The standard InChI is InChI=1S/C35H56N4O4S/c1-10-35(8,22-26-15-12-11-13-16-26)44(9,43)38-33(42)31(30(24(2)3)27-18-19-27)37-32(41)28-17-14-20-39(28)29(40)23-36-25(4)21-34(5,6)7/h11-13,15-16,24,27-28,30-31,36H,4,9-10,14,17-23H2,1-3,5-8H3,(H,37,41)(H,38,42,43)/t28-,30?,31?,35?,44?/m0/s1. The van der Waals surface area contributed by atoms with E-state index in [-0.39, 0.29) is 35.6 Å². The van der Waals surface area contributed by atoms with Crippen molar-refractivity contribution in [3.8, 4) is 0 Å². The van der Waals surface area contributed by atoms with E-state index in [4.69, 9.17) is 0 Å². The number of nitrogens with zero attached hydrogens (tertiary/aromatic N) is 1. The van der Waals surface area contributed by atoms with Crippen molar-refractivity contribution in [2.24, 2.45) is 23.2 Å². The summed E-state index contributed by atoms with van der Waals surface area (Å²) in [7, 11) is -3.12. The molecule has 8 nitrogen and oxygen atoms in total. The van der Waals surface area contributed by atoms with E-state index in [2.05, 4.69) is 62.4 Å². The lowest BCUT2D eigenvalue weighted by Crippen LogP contribution is -2.59. The molecule has 2 aliphatic rings. The quantitative estimate of drug-likeness (QED) is 0.241. The Morgan fingerprint density at radius 3 is 2.25 bits per heavy atom. The van der Waals surface area contributed by atoms with Crippen molar-refractivity contribution < 1.29 is 18.6 Å². The summed E-state index contributed by atoms with van der Waals surface area (Å²) in [4.78, 5) is 42.7. The van der Waals surface area contributed by atoms with Gasteiger partial charge in [0.25, 0.3) is 5.91 Å². The van der Waals surface area contributed by atoms with Crippen molar-refractivity contribution >= 4 is 33.3 Å². The Morgan fingerprint density at radius 1 is 1.07 bits per heavy atom. The maximum Gasteiger partial charge on any atom is 0.254 e. The van der Waals surface area contributed by atoms with Crippen LogP contribution in [0.5, 0.6) is 0 Å². The Morgan fingerprint density at radius 2 is 1.70 bits per heavy atom. The van der Waals surface area contributed by atoms with Gasteiger partial charge in [-0.3, -0.25) is 19.1 Å². The van der Waals surface area contributed by atoms with E-state index in [0.717, 1.165) is 30.5 Å². The van der Waals surface area contributed by atoms with Gasteiger partial charge in [-0.15, -0.1) is 0 Å². The van der Waals surface area contributed by atoms with Gasteiger partial charge in [0.05, 0.1) is 21.0 Å². The van der Waals surface area contributed by atoms with Gasteiger partial charge in [-0.1, -0.05) is 78.5 Å². The topological polar surface area (TPSA) is 108 Å². The Hall–Kier alpha value is -2.81. The van der Waals surface area contributed by atoms with Crippen molar-refractivity contribution in [1.29, 1.82) is 0 Å². The highest BCUT2D eigenvalue weighted by atomic mass is 32.2. The van der Waals surface area contributed by atoms with Crippen LogP contribution in [0.3, 0.4) is 0 Å². The van der Waals surface area contributed by atoms with E-state index in [1.807, 2.05) is 44.2 Å². The summed E-state index contributed by atoms with van der Waals surface area (Å²) in [6.45, 7) is 18.9. The zero-order valence-electron chi connectivity index (χ0n) is 28.0. The largest absolute Gasteiger partial charge is 0.380 e. The summed E-state index contributed by atoms with van der Waals surface area (Å²) in [5.41, 5.74) is 1.85. The lowest BCUT2D eigenvalue weighted by Gasteiger charge is -2.36. The molecule has 44 heavy (non-hydrogen) atoms. The van der Waals surface area contributed by atoms with Gasteiger partial charge in [0, 0.05) is 12.2 Å². The Bertz CT molecular complexity index is 1280. The van der Waals surface area contributed by atoms with Gasteiger partial charge in [-0.25, -0.2) is 4.21 Å². The molecule has 4 unspecified atom stereocenters. The predicted octanol–water partition coefficient (Wildman–Crippen LogP) is 4.84. The van der Waals surface area contributed by atoms with Gasteiger partial charge >= 0.3 is 0 Å². The molecule has 1 aromatic carbocycles. The normalized spacial score (nSPS) is 21.1. The molecule has 0 aromatic heterocycles. The average molecular weight is 629 g/mol. The number of hydrogen-bond donors (Lipinski definition) is 3.